The third-order valence-corrected chi connectivity index (χ3v) is 3.94. The first-order valence-corrected chi connectivity index (χ1v) is 5.88. The van der Waals surface area contributed by atoms with Crippen molar-refractivity contribution in [2.45, 2.75) is 0 Å². The summed E-state index contributed by atoms with van der Waals surface area (Å²) >= 11 is 10.5. The number of nitrogens with zero attached hydrogens (tertiary/aromatic N) is 2. The highest BCUT2D eigenvalue weighted by Crippen LogP contribution is 2.39. The lowest BCUT2D eigenvalue weighted by atomic mass is 10.1. The lowest BCUT2D eigenvalue weighted by molar-refractivity contribution is 1.53. The van der Waals surface area contributed by atoms with Gasteiger partial charge in [0.25, 0.3) is 0 Å². The molecule has 1 aromatic heterocycles. The van der Waals surface area contributed by atoms with Crippen LogP contribution in [0.25, 0.3) is 10.8 Å². The maximum absolute atomic E-state index is 8.95. The van der Waals surface area contributed by atoms with Crippen LogP contribution in [0.5, 0.6) is 0 Å². The van der Waals surface area contributed by atoms with Gasteiger partial charge in [0.15, 0.2) is 0 Å². The molecule has 0 aliphatic heterocycles. The number of rotatable bonds is 0. The fraction of sp³-hybridized carbons (Fsp3) is 0. The van der Waals surface area contributed by atoms with Crippen LogP contribution in [0.4, 0.5) is 0 Å². The van der Waals surface area contributed by atoms with E-state index in [9.17, 15) is 0 Å². The van der Waals surface area contributed by atoms with Crippen molar-refractivity contribution in [1.29, 1.82) is 10.5 Å². The molecule has 5 heteroatoms. The van der Waals surface area contributed by atoms with E-state index in [-0.39, 0.29) is 0 Å². The van der Waals surface area contributed by atoms with Crippen LogP contribution in [0.3, 0.4) is 0 Å². The Labute approximate surface area is 103 Å². The Balaban J connectivity index is 3.07. The van der Waals surface area contributed by atoms with E-state index >= 15 is 0 Å². The van der Waals surface area contributed by atoms with Gasteiger partial charge in [-0.3, -0.25) is 0 Å². The normalized spacial score (nSPS) is 9.87. The number of thiophene rings is 1. The van der Waals surface area contributed by atoms with Crippen molar-refractivity contribution in [2.75, 3.05) is 0 Å². The molecule has 2 nitrogen and oxygen atoms in total. The van der Waals surface area contributed by atoms with Crippen molar-refractivity contribution in [3.63, 3.8) is 0 Å². The molecule has 1 heterocycles. The Morgan fingerprint density at radius 1 is 1.13 bits per heavy atom. The van der Waals surface area contributed by atoms with Crippen molar-refractivity contribution in [3.05, 3.63) is 31.4 Å². The molecule has 0 saturated heterocycles. The number of hydrogen-bond donors (Lipinski definition) is 0. The van der Waals surface area contributed by atoms with E-state index in [0.717, 1.165) is 21.2 Å². The molecule has 2 rings (SSSR count). The van der Waals surface area contributed by atoms with Gasteiger partial charge in [-0.2, -0.15) is 10.5 Å². The predicted molar refractivity (Wildman–Crippen MR) is 64.0 cm³/mol. The van der Waals surface area contributed by atoms with E-state index in [4.69, 9.17) is 22.1 Å². The number of fused-ring (bicyclic) bond motifs is 1. The van der Waals surface area contributed by atoms with Gasteiger partial charge in [-0.05, 0) is 12.1 Å². The summed E-state index contributed by atoms with van der Waals surface area (Å²) < 4.78 is 0.788. The number of hydrogen-bond acceptors (Lipinski definition) is 3. The third-order valence-electron chi connectivity index (χ3n) is 1.96. The van der Waals surface area contributed by atoms with Gasteiger partial charge in [-0.25, -0.2) is 0 Å². The minimum absolute atomic E-state index is 0.479. The highest BCUT2D eigenvalue weighted by atomic mass is 79.9. The summed E-state index contributed by atoms with van der Waals surface area (Å²) in [5.41, 5.74) is 0. The molecule has 0 amide bonds. The standard InChI is InChI=1S/C10H2BrClN2S/c11-5-1-2-6(12)10-8(4-14)15-7(3-13)9(5)10/h1-2H. The molecule has 0 aliphatic rings. The summed E-state index contributed by atoms with van der Waals surface area (Å²) in [6.45, 7) is 0. The largest absolute Gasteiger partial charge is 0.192 e. The fourth-order valence-corrected chi connectivity index (χ4v) is 3.25. The molecule has 0 N–H and O–H groups in total. The molecule has 0 aliphatic carbocycles. The van der Waals surface area contributed by atoms with Crippen LogP contribution in [-0.4, -0.2) is 0 Å². The topological polar surface area (TPSA) is 47.6 Å². The Hall–Kier alpha value is -1.07. The second-order valence-electron chi connectivity index (χ2n) is 2.76. The predicted octanol–water partition coefficient (Wildman–Crippen LogP) is 4.06. The molecule has 2 aromatic rings. The van der Waals surface area contributed by atoms with Crippen LogP contribution >= 0.6 is 38.9 Å². The minimum atomic E-state index is 0.479. The second-order valence-corrected chi connectivity index (χ2v) is 5.05. The van der Waals surface area contributed by atoms with Crippen molar-refractivity contribution < 1.29 is 0 Å². The van der Waals surface area contributed by atoms with Crippen molar-refractivity contribution in [3.8, 4) is 12.1 Å². The summed E-state index contributed by atoms with van der Waals surface area (Å²) in [7, 11) is 0. The summed E-state index contributed by atoms with van der Waals surface area (Å²) in [4.78, 5) is 0.990. The Morgan fingerprint density at radius 3 is 2.33 bits per heavy atom. The SMILES string of the molecule is N#Cc1sc(C#N)c2c(Br)ccc(Cl)c12. The molecule has 0 atom stereocenters. The molecule has 0 saturated carbocycles. The zero-order valence-corrected chi connectivity index (χ0v) is 10.4. The zero-order chi connectivity index (χ0) is 11.0. The van der Waals surface area contributed by atoms with E-state index in [1.807, 2.05) is 0 Å². The summed E-state index contributed by atoms with van der Waals surface area (Å²) in [5.74, 6) is 0. The number of benzene rings is 1. The van der Waals surface area contributed by atoms with Gasteiger partial charge < -0.3 is 0 Å². The van der Waals surface area contributed by atoms with E-state index in [1.54, 1.807) is 12.1 Å². The molecule has 15 heavy (non-hydrogen) atoms. The van der Waals surface area contributed by atoms with E-state index in [2.05, 4.69) is 28.1 Å². The molecule has 0 bridgehead atoms. The van der Waals surface area contributed by atoms with Gasteiger partial charge in [0.2, 0.25) is 0 Å². The van der Waals surface area contributed by atoms with E-state index in [1.165, 1.54) is 0 Å². The average Bonchev–Trinajstić information content (AvgIpc) is 2.63. The molecular weight excluding hydrogens is 296 g/mol. The Kier molecular flexibility index (Phi) is 2.67. The molecular formula is C10H2BrClN2S. The molecule has 1 aromatic carbocycles. The quantitative estimate of drug-likeness (QED) is 0.736. The van der Waals surface area contributed by atoms with E-state index in [0.29, 0.717) is 20.2 Å². The molecule has 0 spiro atoms. The third kappa shape index (κ3) is 1.52. The van der Waals surface area contributed by atoms with Gasteiger partial charge in [0.05, 0.1) is 5.02 Å². The number of nitriles is 2. The van der Waals surface area contributed by atoms with Gasteiger partial charge >= 0.3 is 0 Å². The van der Waals surface area contributed by atoms with Crippen LogP contribution in [0.2, 0.25) is 5.02 Å². The molecule has 0 fully saturated rings. The maximum atomic E-state index is 8.95. The lowest BCUT2D eigenvalue weighted by Crippen LogP contribution is -1.75. The first-order valence-electron chi connectivity index (χ1n) is 3.89. The van der Waals surface area contributed by atoms with Crippen LogP contribution < -0.4 is 0 Å². The second kappa shape index (κ2) is 3.83. The summed E-state index contributed by atoms with van der Waals surface area (Å²) in [6, 6.07) is 7.61. The van der Waals surface area contributed by atoms with Crippen LogP contribution in [0.15, 0.2) is 16.6 Å². The van der Waals surface area contributed by atoms with Crippen molar-refractivity contribution >= 4 is 49.6 Å². The van der Waals surface area contributed by atoms with Crippen LogP contribution in [0.1, 0.15) is 9.75 Å². The summed E-state index contributed by atoms with van der Waals surface area (Å²) in [6.07, 6.45) is 0. The highest BCUT2D eigenvalue weighted by Gasteiger charge is 2.15. The summed E-state index contributed by atoms with van der Waals surface area (Å²) in [5, 5.41) is 19.8. The average molecular weight is 298 g/mol. The highest BCUT2D eigenvalue weighted by molar-refractivity contribution is 9.10. The van der Waals surface area contributed by atoms with Gasteiger partial charge in [-0.15, -0.1) is 11.3 Å². The monoisotopic (exact) mass is 296 g/mol. The van der Waals surface area contributed by atoms with Crippen molar-refractivity contribution in [1.82, 2.24) is 0 Å². The first kappa shape index (κ1) is 10.4. The molecule has 0 unspecified atom stereocenters. The van der Waals surface area contributed by atoms with Crippen molar-refractivity contribution in [2.24, 2.45) is 0 Å². The Morgan fingerprint density at radius 2 is 1.73 bits per heavy atom. The zero-order valence-electron chi connectivity index (χ0n) is 7.21. The van der Waals surface area contributed by atoms with Crippen LogP contribution in [0, 0.1) is 22.7 Å². The van der Waals surface area contributed by atoms with Crippen LogP contribution in [-0.2, 0) is 0 Å². The van der Waals surface area contributed by atoms with E-state index < -0.39 is 0 Å². The first-order chi connectivity index (χ1) is 7.19. The van der Waals surface area contributed by atoms with Gasteiger partial charge in [-0.1, -0.05) is 27.5 Å². The lowest BCUT2D eigenvalue weighted by Gasteiger charge is -1.97. The van der Waals surface area contributed by atoms with Gasteiger partial charge in [0, 0.05) is 15.2 Å². The smallest absolute Gasteiger partial charge is 0.115 e. The molecule has 72 valence electrons. The molecule has 0 radical (unpaired) electrons. The minimum Gasteiger partial charge on any atom is -0.192 e. The Bertz CT molecular complexity index is 579. The van der Waals surface area contributed by atoms with Gasteiger partial charge in [0.1, 0.15) is 21.9 Å². The number of halogens is 2. The maximum Gasteiger partial charge on any atom is 0.115 e. The fourth-order valence-electron chi connectivity index (χ4n) is 1.36.